The molecule has 0 saturated heterocycles. The van der Waals surface area contributed by atoms with Gasteiger partial charge >= 0.3 is 40.0 Å². The molecule has 0 bridgehead atoms. The Balaban J connectivity index is -0.0000000383. The molecule has 0 amide bonds. The molecule has 0 heterocycles. The molecule has 0 aliphatic heterocycles. The standard InChI is InChI=1S/CHCl3.Na.H2O4S.H/c2-1(3)4;;1-5(2,3)4;/h1H;;(H2,1,2,3,4);/q;+1;;-1. The Morgan fingerprint density at radius 1 is 1.20 bits per heavy atom. The largest absolute Gasteiger partial charge is 1.00 e. The molecule has 0 fully saturated rings. The predicted octanol–water partition coefficient (Wildman–Crippen LogP) is -1.55. The van der Waals surface area contributed by atoms with Crippen molar-refractivity contribution in [1.82, 2.24) is 0 Å². The SMILES string of the molecule is ClC(Cl)Cl.O=S(=O)(O)O.[H-].[Na+]. The second-order valence-corrected chi connectivity index (χ2v) is 3.57. The third-order valence-corrected chi connectivity index (χ3v) is 0. The Labute approximate surface area is 97.2 Å². The van der Waals surface area contributed by atoms with E-state index in [0.717, 1.165) is 0 Å². The van der Waals surface area contributed by atoms with E-state index in [1.165, 1.54) is 0 Å². The number of halogens is 3. The van der Waals surface area contributed by atoms with Crippen LogP contribution in [0.25, 0.3) is 0 Å². The number of alkyl halides is 3. The van der Waals surface area contributed by atoms with E-state index in [1.807, 2.05) is 0 Å². The molecule has 10 heavy (non-hydrogen) atoms. The fourth-order valence-corrected chi connectivity index (χ4v) is 0. The van der Waals surface area contributed by atoms with E-state index in [0.29, 0.717) is 0 Å². The van der Waals surface area contributed by atoms with E-state index in [2.05, 4.69) is 0 Å². The zero-order chi connectivity index (χ0) is 8.08. The van der Waals surface area contributed by atoms with Gasteiger partial charge in [0.1, 0.15) is 0 Å². The van der Waals surface area contributed by atoms with Gasteiger partial charge in [0.2, 0.25) is 0 Å². The van der Waals surface area contributed by atoms with E-state index >= 15 is 0 Å². The summed E-state index contributed by atoms with van der Waals surface area (Å²) in [7, 11) is -4.67. The molecule has 0 aliphatic carbocycles. The van der Waals surface area contributed by atoms with Crippen LogP contribution in [-0.2, 0) is 10.4 Å². The normalized spacial score (nSPS) is 9.40. The summed E-state index contributed by atoms with van der Waals surface area (Å²) in [4.78, 5) is 0. The van der Waals surface area contributed by atoms with E-state index in [4.69, 9.17) is 52.3 Å². The van der Waals surface area contributed by atoms with Crippen molar-refractivity contribution >= 4 is 45.2 Å². The van der Waals surface area contributed by atoms with Crippen molar-refractivity contribution in [3.05, 3.63) is 0 Å². The Bertz CT molecular complexity index is 137. The predicted molar refractivity (Wildman–Crippen MR) is 36.6 cm³/mol. The first-order valence-electron chi connectivity index (χ1n) is 1.35. The van der Waals surface area contributed by atoms with Crippen LogP contribution in [0.2, 0.25) is 0 Å². The van der Waals surface area contributed by atoms with Gasteiger partial charge in [-0.05, 0) is 0 Å². The van der Waals surface area contributed by atoms with Crippen molar-refractivity contribution in [2.75, 3.05) is 0 Å². The fraction of sp³-hybridized carbons (Fsp3) is 1.00. The molecule has 0 aromatic heterocycles. The molecule has 0 radical (unpaired) electrons. The van der Waals surface area contributed by atoms with Gasteiger partial charge in [0.25, 0.3) is 0 Å². The van der Waals surface area contributed by atoms with Crippen molar-refractivity contribution in [1.29, 1.82) is 0 Å². The molecule has 9 heteroatoms. The quantitative estimate of drug-likeness (QED) is 0.306. The Hall–Kier alpha value is 1.74. The van der Waals surface area contributed by atoms with E-state index in [-0.39, 0.29) is 31.0 Å². The third-order valence-electron chi connectivity index (χ3n) is 0. The molecule has 4 nitrogen and oxygen atoms in total. The Morgan fingerprint density at radius 3 is 1.20 bits per heavy atom. The maximum atomic E-state index is 8.74. The van der Waals surface area contributed by atoms with Gasteiger partial charge in [0, 0.05) is 0 Å². The summed E-state index contributed by atoms with van der Waals surface area (Å²) in [6.45, 7) is 0. The first-order valence-corrected chi connectivity index (χ1v) is 4.06. The smallest absolute Gasteiger partial charge is 1.00 e. The van der Waals surface area contributed by atoms with Gasteiger partial charge in [-0.2, -0.15) is 8.42 Å². The van der Waals surface area contributed by atoms with Crippen LogP contribution < -0.4 is 29.6 Å². The first-order chi connectivity index (χ1) is 3.73. The Morgan fingerprint density at radius 2 is 1.20 bits per heavy atom. The van der Waals surface area contributed by atoms with Gasteiger partial charge in [-0.1, -0.05) is 34.8 Å². The summed E-state index contributed by atoms with van der Waals surface area (Å²) in [5.41, 5.74) is 0. The second-order valence-electron chi connectivity index (χ2n) is 0.695. The Kier molecular flexibility index (Phi) is 15.7. The maximum Gasteiger partial charge on any atom is 1.00 e. The van der Waals surface area contributed by atoms with Crippen LogP contribution in [0, 0.1) is 0 Å². The summed E-state index contributed by atoms with van der Waals surface area (Å²) in [6.07, 6.45) is 0. The van der Waals surface area contributed by atoms with Crippen LogP contribution in [-0.4, -0.2) is 21.8 Å². The van der Waals surface area contributed by atoms with Crippen LogP contribution in [0.5, 0.6) is 0 Å². The summed E-state index contributed by atoms with van der Waals surface area (Å²) in [5, 5.41) is 0. The minimum atomic E-state index is -4.67. The zero-order valence-corrected chi connectivity index (χ0v) is 9.91. The van der Waals surface area contributed by atoms with Crippen LogP contribution in [0.3, 0.4) is 0 Å². The molecule has 0 aliphatic rings. The van der Waals surface area contributed by atoms with Gasteiger partial charge in [-0.15, -0.1) is 0 Å². The first kappa shape index (κ1) is 17.7. The third kappa shape index (κ3) is 246. The van der Waals surface area contributed by atoms with Crippen molar-refractivity contribution in [3.63, 3.8) is 0 Å². The van der Waals surface area contributed by atoms with Gasteiger partial charge in [-0.3, -0.25) is 9.11 Å². The average Bonchev–Trinajstić information content (AvgIpc) is 1.19. The molecule has 0 atom stereocenters. The van der Waals surface area contributed by atoms with Crippen LogP contribution >= 0.6 is 34.8 Å². The molecular formula is CH4Cl3NaO4S. The van der Waals surface area contributed by atoms with E-state index in [9.17, 15) is 0 Å². The number of hydrogen-bond donors (Lipinski definition) is 2. The van der Waals surface area contributed by atoms with Crippen LogP contribution in [0.15, 0.2) is 0 Å². The summed E-state index contributed by atoms with van der Waals surface area (Å²) < 4.78 is 30.8. The zero-order valence-electron chi connectivity index (χ0n) is 5.83. The maximum absolute atomic E-state index is 8.74. The van der Waals surface area contributed by atoms with Gasteiger partial charge in [-0.25, -0.2) is 0 Å². The molecule has 0 saturated carbocycles. The molecule has 0 aromatic carbocycles. The molecule has 60 valence electrons. The van der Waals surface area contributed by atoms with Crippen LogP contribution in [0.1, 0.15) is 1.43 Å². The van der Waals surface area contributed by atoms with Crippen molar-refractivity contribution in [2.45, 2.75) is 4.30 Å². The average molecular weight is 241 g/mol. The van der Waals surface area contributed by atoms with Gasteiger partial charge < -0.3 is 1.43 Å². The summed E-state index contributed by atoms with van der Waals surface area (Å²) in [5.74, 6) is 0. The van der Waals surface area contributed by atoms with E-state index in [1.54, 1.807) is 0 Å². The summed E-state index contributed by atoms with van der Waals surface area (Å²) in [6, 6.07) is 0. The molecule has 2 N–H and O–H groups in total. The molecule has 0 unspecified atom stereocenters. The monoisotopic (exact) mass is 240 g/mol. The topological polar surface area (TPSA) is 74.6 Å². The van der Waals surface area contributed by atoms with Crippen molar-refractivity contribution < 1.29 is 48.5 Å². The van der Waals surface area contributed by atoms with Crippen molar-refractivity contribution in [2.24, 2.45) is 0 Å². The second kappa shape index (κ2) is 8.83. The minimum Gasteiger partial charge on any atom is -1.00 e. The minimum absolute atomic E-state index is 0. The number of rotatable bonds is 0. The summed E-state index contributed by atoms with van der Waals surface area (Å²) >= 11 is 14.4. The van der Waals surface area contributed by atoms with Crippen LogP contribution in [0.4, 0.5) is 0 Å². The van der Waals surface area contributed by atoms with Crippen molar-refractivity contribution in [3.8, 4) is 0 Å². The molecule has 0 aromatic rings. The van der Waals surface area contributed by atoms with Gasteiger partial charge in [0.15, 0.2) is 4.30 Å². The van der Waals surface area contributed by atoms with Gasteiger partial charge in [0.05, 0.1) is 0 Å². The number of hydrogen-bond acceptors (Lipinski definition) is 2. The molecular weight excluding hydrogens is 237 g/mol. The fourth-order valence-electron chi connectivity index (χ4n) is 0. The molecule has 0 rings (SSSR count). The molecule has 0 spiro atoms. The van der Waals surface area contributed by atoms with E-state index < -0.39 is 14.7 Å².